The summed E-state index contributed by atoms with van der Waals surface area (Å²) in [6.45, 7) is -0.302. The van der Waals surface area contributed by atoms with Gasteiger partial charge in [-0.25, -0.2) is 9.07 Å². The lowest BCUT2D eigenvalue weighted by Gasteiger charge is -2.32. The van der Waals surface area contributed by atoms with E-state index in [1.165, 1.54) is 35.2 Å². The topological polar surface area (TPSA) is 110 Å². The second-order valence-corrected chi connectivity index (χ2v) is 7.93. The lowest BCUT2D eigenvalue weighted by atomic mass is 10.0. The van der Waals surface area contributed by atoms with Crippen LogP contribution in [0, 0.1) is 5.82 Å². The van der Waals surface area contributed by atoms with Crippen molar-refractivity contribution in [3.8, 4) is 17.2 Å². The number of amides is 2. The van der Waals surface area contributed by atoms with E-state index in [1.54, 1.807) is 18.2 Å². The normalized spacial score (nSPS) is 17.6. The molecule has 1 fully saturated rings. The fourth-order valence-electron chi connectivity index (χ4n) is 3.81. The van der Waals surface area contributed by atoms with E-state index in [4.69, 9.17) is 9.15 Å². The fourth-order valence-corrected chi connectivity index (χ4v) is 3.81. The average molecular weight is 475 g/mol. The van der Waals surface area contributed by atoms with Gasteiger partial charge in [0.05, 0.1) is 6.26 Å². The Labute approximate surface area is 199 Å². The van der Waals surface area contributed by atoms with Crippen LogP contribution in [0.1, 0.15) is 24.3 Å². The molecule has 0 aliphatic carbocycles. The number of hydrogen-bond donors (Lipinski definition) is 3. The van der Waals surface area contributed by atoms with Gasteiger partial charge in [-0.2, -0.15) is 5.10 Å². The number of carbonyl (C=O) groups is 2. The van der Waals surface area contributed by atoms with Crippen LogP contribution in [0.25, 0.3) is 11.5 Å². The van der Waals surface area contributed by atoms with Gasteiger partial charge in [0.1, 0.15) is 23.1 Å². The highest BCUT2D eigenvalue weighted by atomic mass is 19.1. The molecule has 1 saturated heterocycles. The van der Waals surface area contributed by atoms with Crippen molar-refractivity contribution in [2.24, 2.45) is 0 Å². The number of furan rings is 1. The Kier molecular flexibility index (Phi) is 6.27. The Morgan fingerprint density at radius 3 is 2.69 bits per heavy atom. The summed E-state index contributed by atoms with van der Waals surface area (Å²) in [5.41, 5.74) is 1.44. The molecule has 3 heterocycles. The lowest BCUT2D eigenvalue weighted by molar-refractivity contribution is -0.125. The Bertz CT molecular complexity index is 1310. The van der Waals surface area contributed by atoms with Crippen LogP contribution in [-0.2, 0) is 9.59 Å². The minimum Gasteiger partial charge on any atom is -0.484 e. The molecule has 2 unspecified atom stereocenters. The molecule has 35 heavy (non-hydrogen) atoms. The highest BCUT2D eigenvalue weighted by Crippen LogP contribution is 2.28. The van der Waals surface area contributed by atoms with Crippen LogP contribution in [0.5, 0.6) is 5.75 Å². The van der Waals surface area contributed by atoms with Crippen LogP contribution in [0.4, 0.5) is 10.2 Å². The summed E-state index contributed by atoms with van der Waals surface area (Å²) in [4.78, 5) is 25.2. The highest BCUT2D eigenvalue weighted by molar-refractivity contribution is 5.91. The first kappa shape index (κ1) is 22.4. The van der Waals surface area contributed by atoms with Crippen LogP contribution < -0.4 is 20.7 Å². The minimum absolute atomic E-state index is 0.158. The van der Waals surface area contributed by atoms with Crippen molar-refractivity contribution in [3.63, 3.8) is 0 Å². The second-order valence-electron chi connectivity index (χ2n) is 7.93. The van der Waals surface area contributed by atoms with Gasteiger partial charge in [-0.1, -0.05) is 30.3 Å². The maximum Gasteiger partial charge on any atom is 0.263 e. The molecule has 2 atom stereocenters. The van der Waals surface area contributed by atoms with E-state index < -0.39 is 18.0 Å². The lowest BCUT2D eigenvalue weighted by Crippen LogP contribution is -2.50. The molecule has 2 aromatic carbocycles. The van der Waals surface area contributed by atoms with Crippen molar-refractivity contribution in [1.29, 1.82) is 0 Å². The molecule has 10 heteroatoms. The van der Waals surface area contributed by atoms with Crippen LogP contribution in [-0.4, -0.2) is 28.2 Å². The maximum atomic E-state index is 13.1. The van der Waals surface area contributed by atoms with E-state index in [0.717, 1.165) is 5.56 Å². The molecule has 4 aromatic rings. The van der Waals surface area contributed by atoms with E-state index in [0.29, 0.717) is 23.0 Å². The molecule has 9 nitrogen and oxygen atoms in total. The number of benzene rings is 2. The van der Waals surface area contributed by atoms with E-state index >= 15 is 0 Å². The number of hydrogen-bond acceptors (Lipinski definition) is 6. The molecule has 178 valence electrons. The number of nitrogens with zero attached hydrogens (tertiary/aromatic N) is 2. The first-order valence-electron chi connectivity index (χ1n) is 11.0. The molecule has 2 aromatic heterocycles. The summed E-state index contributed by atoms with van der Waals surface area (Å²) in [5, 5.41) is 13.6. The third-order valence-corrected chi connectivity index (χ3v) is 5.45. The van der Waals surface area contributed by atoms with Crippen molar-refractivity contribution in [3.05, 3.63) is 90.4 Å². The number of nitrogens with one attached hydrogen (secondary N) is 3. The largest absolute Gasteiger partial charge is 0.484 e. The molecule has 0 spiro atoms. The summed E-state index contributed by atoms with van der Waals surface area (Å²) in [6.07, 6.45) is 1.06. The predicted octanol–water partition coefficient (Wildman–Crippen LogP) is 3.61. The third kappa shape index (κ3) is 5.22. The average Bonchev–Trinajstić information content (AvgIpc) is 3.54. The Morgan fingerprint density at radius 2 is 1.94 bits per heavy atom. The van der Waals surface area contributed by atoms with E-state index in [1.807, 2.05) is 30.3 Å². The van der Waals surface area contributed by atoms with E-state index in [9.17, 15) is 14.0 Å². The van der Waals surface area contributed by atoms with Crippen molar-refractivity contribution in [1.82, 2.24) is 20.4 Å². The molecule has 0 bridgehead atoms. The smallest absolute Gasteiger partial charge is 0.263 e. The Morgan fingerprint density at radius 1 is 1.14 bits per heavy atom. The molecule has 3 N–H and O–H groups in total. The highest BCUT2D eigenvalue weighted by Gasteiger charge is 2.30. The summed E-state index contributed by atoms with van der Waals surface area (Å²) < 4.78 is 25.5. The van der Waals surface area contributed by atoms with Gasteiger partial charge in [-0.3, -0.25) is 14.9 Å². The van der Waals surface area contributed by atoms with Gasteiger partial charge in [-0.15, -0.1) is 0 Å². The molecule has 2 amide bonds. The van der Waals surface area contributed by atoms with Crippen LogP contribution in [0.15, 0.2) is 83.5 Å². The zero-order valence-electron chi connectivity index (χ0n) is 18.5. The molecule has 1 aliphatic rings. The Balaban J connectivity index is 1.37. The number of ether oxygens (including phenoxy) is 1. The van der Waals surface area contributed by atoms with Crippen molar-refractivity contribution in [2.75, 3.05) is 11.9 Å². The van der Waals surface area contributed by atoms with Gasteiger partial charge < -0.3 is 19.8 Å². The molecule has 1 aliphatic heterocycles. The second kappa shape index (κ2) is 9.82. The minimum atomic E-state index is -0.724. The molecule has 5 rings (SSSR count). The standard InChI is InChI=1S/C25H22FN5O4/c26-17-8-10-18(11-9-17)35-15-24(33)28-22-13-20(21-7-4-12-34-21)30-31(22)25-27-19(14-23(32)29-25)16-5-2-1-3-6-16/h1-13,19,25,27H,14-15H2,(H,28,33)(H,29,32). The van der Waals surface area contributed by atoms with Crippen LogP contribution >= 0.6 is 0 Å². The van der Waals surface area contributed by atoms with Gasteiger partial charge in [0.15, 0.2) is 18.7 Å². The van der Waals surface area contributed by atoms with Crippen molar-refractivity contribution in [2.45, 2.75) is 18.8 Å². The number of aromatic nitrogens is 2. The molecule has 0 radical (unpaired) electrons. The number of carbonyl (C=O) groups excluding carboxylic acids is 2. The van der Waals surface area contributed by atoms with Crippen molar-refractivity contribution < 1.29 is 23.1 Å². The predicted molar refractivity (Wildman–Crippen MR) is 125 cm³/mol. The van der Waals surface area contributed by atoms with E-state index in [2.05, 4.69) is 21.0 Å². The third-order valence-electron chi connectivity index (χ3n) is 5.45. The summed E-state index contributed by atoms with van der Waals surface area (Å²) in [7, 11) is 0. The maximum absolute atomic E-state index is 13.1. The van der Waals surface area contributed by atoms with Crippen LogP contribution in [0.2, 0.25) is 0 Å². The van der Waals surface area contributed by atoms with Gasteiger partial charge in [0, 0.05) is 18.5 Å². The number of halogens is 1. The SMILES string of the molecule is O=C(COc1ccc(F)cc1)Nc1cc(-c2ccco2)nn1C1NC(=O)CC(c2ccccc2)N1. The van der Waals surface area contributed by atoms with Crippen molar-refractivity contribution >= 4 is 17.6 Å². The van der Waals surface area contributed by atoms with Gasteiger partial charge in [0.25, 0.3) is 5.91 Å². The Hall–Kier alpha value is -4.44. The number of anilines is 1. The molecular weight excluding hydrogens is 453 g/mol. The summed E-state index contributed by atoms with van der Waals surface area (Å²) in [5.74, 6) is 0.183. The van der Waals surface area contributed by atoms with Crippen LogP contribution in [0.3, 0.4) is 0 Å². The van der Waals surface area contributed by atoms with Gasteiger partial charge in [-0.05, 0) is 42.0 Å². The zero-order valence-corrected chi connectivity index (χ0v) is 18.5. The molecule has 0 saturated carbocycles. The summed E-state index contributed by atoms with van der Waals surface area (Å²) >= 11 is 0. The first-order chi connectivity index (χ1) is 17.0. The first-order valence-corrected chi connectivity index (χ1v) is 11.0. The van der Waals surface area contributed by atoms with Gasteiger partial charge >= 0.3 is 0 Å². The molecular formula is C25H22FN5O4. The van der Waals surface area contributed by atoms with Gasteiger partial charge in [0.2, 0.25) is 5.91 Å². The monoisotopic (exact) mass is 475 g/mol. The summed E-state index contributed by atoms with van der Waals surface area (Å²) in [6, 6.07) is 19.9. The zero-order chi connectivity index (χ0) is 24.2. The number of rotatable bonds is 7. The van der Waals surface area contributed by atoms with E-state index in [-0.39, 0.29) is 25.0 Å². The fraction of sp³-hybridized carbons (Fsp3) is 0.160. The quantitative estimate of drug-likeness (QED) is 0.377.